The van der Waals surface area contributed by atoms with Gasteiger partial charge in [0.2, 0.25) is 5.91 Å². The number of aryl methyl sites for hydroxylation is 1. The van der Waals surface area contributed by atoms with Crippen molar-refractivity contribution in [3.8, 4) is 0 Å². The van der Waals surface area contributed by atoms with Crippen molar-refractivity contribution in [1.29, 1.82) is 0 Å². The molecule has 0 aliphatic carbocycles. The zero-order valence-corrected chi connectivity index (χ0v) is 9.21. The summed E-state index contributed by atoms with van der Waals surface area (Å²) in [5.41, 5.74) is 2.75. The number of anilines is 1. The van der Waals surface area contributed by atoms with Gasteiger partial charge in [-0.15, -0.1) is 0 Å². The van der Waals surface area contributed by atoms with Crippen LogP contribution >= 0.6 is 0 Å². The first-order valence-electron chi connectivity index (χ1n) is 5.53. The van der Waals surface area contributed by atoms with Gasteiger partial charge in [0, 0.05) is 18.8 Å². The summed E-state index contributed by atoms with van der Waals surface area (Å²) in [7, 11) is 0. The van der Waals surface area contributed by atoms with E-state index in [0.717, 1.165) is 17.8 Å². The van der Waals surface area contributed by atoms with E-state index in [2.05, 4.69) is 23.6 Å². The molecule has 3 rings (SSSR count). The molecule has 2 aliphatic heterocycles. The molecule has 0 saturated carbocycles. The van der Waals surface area contributed by atoms with Gasteiger partial charge in [0.1, 0.15) is 5.41 Å². The van der Waals surface area contributed by atoms with E-state index in [1.807, 2.05) is 24.3 Å². The van der Waals surface area contributed by atoms with Crippen molar-refractivity contribution >= 4 is 11.6 Å². The molecule has 0 fully saturated rings. The van der Waals surface area contributed by atoms with Crippen LogP contribution in [0.25, 0.3) is 0 Å². The topological polar surface area (TPSA) is 41.1 Å². The molecule has 82 valence electrons. The summed E-state index contributed by atoms with van der Waals surface area (Å²) in [4.78, 5) is 12.1. The first kappa shape index (κ1) is 9.60. The second-order valence-corrected chi connectivity index (χ2v) is 4.51. The minimum absolute atomic E-state index is 0.0801. The minimum atomic E-state index is -0.487. The Morgan fingerprint density at radius 1 is 1.38 bits per heavy atom. The highest BCUT2D eigenvalue weighted by atomic mass is 16.2. The van der Waals surface area contributed by atoms with Crippen LogP contribution in [0, 0.1) is 6.92 Å². The minimum Gasteiger partial charge on any atom is -0.325 e. The molecular weight excluding hydrogens is 200 g/mol. The summed E-state index contributed by atoms with van der Waals surface area (Å²) in [5, 5.41) is 6.22. The van der Waals surface area contributed by atoms with Crippen LogP contribution in [-0.2, 0) is 10.2 Å². The maximum atomic E-state index is 12.1. The third-order valence-corrected chi connectivity index (χ3v) is 3.38. The van der Waals surface area contributed by atoms with Crippen LogP contribution in [0.3, 0.4) is 0 Å². The van der Waals surface area contributed by atoms with E-state index >= 15 is 0 Å². The zero-order valence-electron chi connectivity index (χ0n) is 9.21. The zero-order chi connectivity index (χ0) is 11.2. The number of amides is 1. The fourth-order valence-electron chi connectivity index (χ4n) is 2.51. The number of hydrogen-bond acceptors (Lipinski definition) is 2. The number of fused-ring (bicyclic) bond motifs is 2. The number of carbonyl (C=O) groups is 1. The summed E-state index contributed by atoms with van der Waals surface area (Å²) in [6.45, 7) is 3.58. The van der Waals surface area contributed by atoms with Gasteiger partial charge in [-0.1, -0.05) is 29.8 Å². The summed E-state index contributed by atoms with van der Waals surface area (Å²) in [6, 6.07) is 6.11. The molecule has 1 amide bonds. The molecule has 0 aromatic heterocycles. The number of benzene rings is 1. The van der Waals surface area contributed by atoms with Crippen LogP contribution in [0.4, 0.5) is 5.69 Å². The summed E-state index contributed by atoms with van der Waals surface area (Å²) < 4.78 is 0. The molecular formula is C13H14N2O. The van der Waals surface area contributed by atoms with Gasteiger partial charge in [0.15, 0.2) is 0 Å². The van der Waals surface area contributed by atoms with Gasteiger partial charge < -0.3 is 10.6 Å². The van der Waals surface area contributed by atoms with Crippen molar-refractivity contribution in [2.75, 3.05) is 18.4 Å². The van der Waals surface area contributed by atoms with E-state index in [4.69, 9.17) is 0 Å². The largest absolute Gasteiger partial charge is 0.325 e. The lowest BCUT2D eigenvalue weighted by Gasteiger charge is -2.27. The van der Waals surface area contributed by atoms with Crippen LogP contribution in [-0.4, -0.2) is 19.0 Å². The number of rotatable bonds is 0. The molecule has 16 heavy (non-hydrogen) atoms. The van der Waals surface area contributed by atoms with E-state index in [0.29, 0.717) is 6.54 Å². The Kier molecular flexibility index (Phi) is 1.91. The second kappa shape index (κ2) is 3.19. The summed E-state index contributed by atoms with van der Waals surface area (Å²) in [6.07, 6.45) is 4.06. The Hall–Kier alpha value is -1.61. The smallest absolute Gasteiger partial charge is 0.240 e. The Bertz CT molecular complexity index is 493. The van der Waals surface area contributed by atoms with Gasteiger partial charge in [-0.05, 0) is 18.6 Å². The maximum Gasteiger partial charge on any atom is 0.240 e. The van der Waals surface area contributed by atoms with E-state index < -0.39 is 5.41 Å². The molecule has 1 spiro atoms. The van der Waals surface area contributed by atoms with E-state index in [-0.39, 0.29) is 5.91 Å². The Labute approximate surface area is 94.5 Å². The van der Waals surface area contributed by atoms with Gasteiger partial charge in [0.05, 0.1) is 0 Å². The lowest BCUT2D eigenvalue weighted by molar-refractivity contribution is -0.119. The lowest BCUT2D eigenvalue weighted by atomic mass is 9.79. The standard InChI is InChI=1S/C13H14N2O/c1-9-3-4-11-10(7-9)13(12(16)15-11)5-2-6-14-8-13/h2-5,7,14H,6,8H2,1H3,(H,15,16)/t13-/m1/s1. The highest BCUT2D eigenvalue weighted by Crippen LogP contribution is 2.39. The fourth-order valence-corrected chi connectivity index (χ4v) is 2.51. The van der Waals surface area contributed by atoms with Gasteiger partial charge in [-0.3, -0.25) is 4.79 Å². The van der Waals surface area contributed by atoms with Crippen molar-refractivity contribution in [2.24, 2.45) is 0 Å². The van der Waals surface area contributed by atoms with Crippen LogP contribution < -0.4 is 10.6 Å². The third kappa shape index (κ3) is 1.15. The van der Waals surface area contributed by atoms with Crippen molar-refractivity contribution in [2.45, 2.75) is 12.3 Å². The van der Waals surface area contributed by atoms with Crippen LogP contribution in [0.2, 0.25) is 0 Å². The number of carbonyl (C=O) groups excluding carboxylic acids is 1. The van der Waals surface area contributed by atoms with Crippen LogP contribution in [0.5, 0.6) is 0 Å². The van der Waals surface area contributed by atoms with Crippen LogP contribution in [0.15, 0.2) is 30.4 Å². The quantitative estimate of drug-likeness (QED) is 0.640. The van der Waals surface area contributed by atoms with Gasteiger partial charge in [0.25, 0.3) is 0 Å². The summed E-state index contributed by atoms with van der Waals surface area (Å²) in [5.74, 6) is 0.0801. The molecule has 2 aliphatic rings. The van der Waals surface area contributed by atoms with Gasteiger partial charge in [-0.25, -0.2) is 0 Å². The average molecular weight is 214 g/mol. The molecule has 2 heterocycles. The molecule has 0 saturated heterocycles. The number of nitrogens with one attached hydrogen (secondary N) is 2. The molecule has 3 heteroatoms. The van der Waals surface area contributed by atoms with Gasteiger partial charge >= 0.3 is 0 Å². The highest BCUT2D eigenvalue weighted by Gasteiger charge is 2.45. The predicted octanol–water partition coefficient (Wildman–Crippen LogP) is 1.34. The first-order chi connectivity index (χ1) is 7.72. The Morgan fingerprint density at radius 2 is 2.25 bits per heavy atom. The van der Waals surface area contributed by atoms with Crippen molar-refractivity contribution < 1.29 is 4.79 Å². The van der Waals surface area contributed by atoms with Crippen LogP contribution in [0.1, 0.15) is 11.1 Å². The normalized spacial score (nSPS) is 26.9. The lowest BCUT2D eigenvalue weighted by Crippen LogP contribution is -2.45. The van der Waals surface area contributed by atoms with Crippen molar-refractivity contribution in [1.82, 2.24) is 5.32 Å². The van der Waals surface area contributed by atoms with E-state index in [1.54, 1.807) is 0 Å². The van der Waals surface area contributed by atoms with Crippen molar-refractivity contribution in [3.63, 3.8) is 0 Å². The van der Waals surface area contributed by atoms with Gasteiger partial charge in [-0.2, -0.15) is 0 Å². The Balaban J connectivity index is 2.21. The monoisotopic (exact) mass is 214 g/mol. The first-order valence-corrected chi connectivity index (χ1v) is 5.53. The SMILES string of the molecule is Cc1ccc2c(c1)[C@]1(C=CCNC1)C(=O)N2. The molecule has 0 radical (unpaired) electrons. The molecule has 3 nitrogen and oxygen atoms in total. The molecule has 0 bridgehead atoms. The van der Waals surface area contributed by atoms with E-state index in [9.17, 15) is 4.79 Å². The third-order valence-electron chi connectivity index (χ3n) is 3.38. The number of hydrogen-bond donors (Lipinski definition) is 2. The fraction of sp³-hybridized carbons (Fsp3) is 0.308. The maximum absolute atomic E-state index is 12.1. The predicted molar refractivity (Wildman–Crippen MR) is 63.5 cm³/mol. The molecule has 0 unspecified atom stereocenters. The van der Waals surface area contributed by atoms with E-state index in [1.165, 1.54) is 5.56 Å². The second-order valence-electron chi connectivity index (χ2n) is 4.51. The summed E-state index contributed by atoms with van der Waals surface area (Å²) >= 11 is 0. The Morgan fingerprint density at radius 3 is 3.00 bits per heavy atom. The molecule has 1 aromatic rings. The molecule has 1 aromatic carbocycles. The average Bonchev–Trinajstić information content (AvgIpc) is 2.55. The molecule has 1 atom stereocenters. The highest BCUT2D eigenvalue weighted by molar-refractivity contribution is 6.08. The molecule has 2 N–H and O–H groups in total. The van der Waals surface area contributed by atoms with Crippen molar-refractivity contribution in [3.05, 3.63) is 41.5 Å².